The van der Waals surface area contributed by atoms with Gasteiger partial charge < -0.3 is 19.9 Å². The van der Waals surface area contributed by atoms with Crippen LogP contribution in [0.2, 0.25) is 5.02 Å². The highest BCUT2D eigenvalue weighted by atomic mass is 35.5. The zero-order chi connectivity index (χ0) is 22.2. The minimum absolute atomic E-state index is 0.0720. The molecule has 3 aromatic rings. The third kappa shape index (κ3) is 6.72. The summed E-state index contributed by atoms with van der Waals surface area (Å²) in [5.41, 5.74) is 1.18. The highest BCUT2D eigenvalue weighted by molar-refractivity contribution is 6.30. The van der Waals surface area contributed by atoms with Gasteiger partial charge in [-0.2, -0.15) is 0 Å². The van der Waals surface area contributed by atoms with E-state index in [0.29, 0.717) is 24.1 Å². The predicted octanol–water partition coefficient (Wildman–Crippen LogP) is 4.04. The second kappa shape index (κ2) is 10.8. The lowest BCUT2D eigenvalue weighted by atomic mass is 10.1. The number of rotatable bonds is 8. The lowest BCUT2D eigenvalue weighted by molar-refractivity contribution is 0.223. The number of ether oxygens (including phenoxy) is 1. The topological polar surface area (TPSA) is 76.4 Å². The van der Waals surface area contributed by atoms with Crippen molar-refractivity contribution < 1.29 is 4.74 Å². The smallest absolute Gasteiger partial charge is 0.192 e. The molecule has 0 amide bonds. The van der Waals surface area contributed by atoms with E-state index in [2.05, 4.69) is 39.9 Å². The molecule has 31 heavy (non-hydrogen) atoms. The fourth-order valence-electron chi connectivity index (χ4n) is 2.95. The number of aliphatic imine (C=N–C) groups is 1. The molecule has 0 aliphatic rings. The van der Waals surface area contributed by atoms with E-state index < -0.39 is 0 Å². The molecule has 0 spiro atoms. The van der Waals surface area contributed by atoms with Crippen LogP contribution in [0.5, 0.6) is 5.75 Å². The molecule has 0 bridgehead atoms. The van der Waals surface area contributed by atoms with Crippen molar-refractivity contribution in [3.8, 4) is 5.75 Å². The first-order chi connectivity index (χ1) is 14.9. The van der Waals surface area contributed by atoms with Gasteiger partial charge in [-0.3, -0.25) is 0 Å². The second-order valence-corrected chi connectivity index (χ2v) is 7.86. The van der Waals surface area contributed by atoms with Crippen molar-refractivity contribution in [2.24, 2.45) is 12.0 Å². The highest BCUT2D eigenvalue weighted by Crippen LogP contribution is 2.16. The Morgan fingerprint density at radius 3 is 2.45 bits per heavy atom. The monoisotopic (exact) mass is 440 g/mol. The van der Waals surface area contributed by atoms with Gasteiger partial charge in [-0.25, -0.2) is 4.99 Å². The van der Waals surface area contributed by atoms with Crippen LogP contribution in [0.15, 0.2) is 59.6 Å². The molecule has 7 nitrogen and oxygen atoms in total. The summed E-state index contributed by atoms with van der Waals surface area (Å²) in [6.45, 7) is 7.03. The summed E-state index contributed by atoms with van der Waals surface area (Å²) in [4.78, 5) is 4.72. The van der Waals surface area contributed by atoms with E-state index in [9.17, 15) is 0 Å². The Balaban J connectivity index is 1.66. The van der Waals surface area contributed by atoms with Crippen molar-refractivity contribution in [3.63, 3.8) is 0 Å². The highest BCUT2D eigenvalue weighted by Gasteiger charge is 2.11. The van der Waals surface area contributed by atoms with Crippen LogP contribution in [-0.4, -0.2) is 33.4 Å². The molecule has 164 valence electrons. The minimum Gasteiger partial charge on any atom is -0.489 e. The molecule has 0 aliphatic heterocycles. The van der Waals surface area contributed by atoms with E-state index in [1.807, 2.05) is 67.9 Å². The molecule has 0 radical (unpaired) electrons. The lowest BCUT2D eigenvalue weighted by Gasteiger charge is -2.21. The van der Waals surface area contributed by atoms with E-state index in [-0.39, 0.29) is 12.1 Å². The van der Waals surface area contributed by atoms with Crippen LogP contribution in [-0.2, 0) is 13.6 Å². The zero-order valence-corrected chi connectivity index (χ0v) is 19.1. The molecule has 1 heterocycles. The van der Waals surface area contributed by atoms with Gasteiger partial charge in [0.15, 0.2) is 11.8 Å². The molecular formula is C23H29ClN6O. The third-order valence-corrected chi connectivity index (χ3v) is 5.17. The van der Waals surface area contributed by atoms with Crippen molar-refractivity contribution in [3.05, 3.63) is 76.8 Å². The Hall–Kier alpha value is -3.06. The van der Waals surface area contributed by atoms with Gasteiger partial charge in [0.1, 0.15) is 24.2 Å². The fraction of sp³-hybridized carbons (Fsp3) is 0.348. The van der Waals surface area contributed by atoms with Gasteiger partial charge in [-0.15, -0.1) is 10.2 Å². The summed E-state index contributed by atoms with van der Waals surface area (Å²) in [5, 5.41) is 15.8. The van der Waals surface area contributed by atoms with Crippen LogP contribution in [0, 0.1) is 6.92 Å². The molecule has 2 atom stereocenters. The maximum absolute atomic E-state index is 5.96. The van der Waals surface area contributed by atoms with Gasteiger partial charge in [0.25, 0.3) is 0 Å². The molecule has 1 aromatic heterocycles. The molecule has 0 aliphatic carbocycles. The number of guanidine groups is 1. The summed E-state index contributed by atoms with van der Waals surface area (Å²) in [6, 6.07) is 17.7. The molecule has 2 aromatic carbocycles. The van der Waals surface area contributed by atoms with Crippen LogP contribution in [0.4, 0.5) is 0 Å². The van der Waals surface area contributed by atoms with Crippen molar-refractivity contribution in [2.75, 3.05) is 6.54 Å². The Bertz CT molecular complexity index is 987. The lowest BCUT2D eigenvalue weighted by Crippen LogP contribution is -2.42. The Kier molecular flexibility index (Phi) is 7.89. The zero-order valence-electron chi connectivity index (χ0n) is 18.3. The van der Waals surface area contributed by atoms with Crippen molar-refractivity contribution >= 4 is 17.6 Å². The predicted molar refractivity (Wildman–Crippen MR) is 124 cm³/mol. The molecule has 2 N–H and O–H groups in total. The first-order valence-corrected chi connectivity index (χ1v) is 10.7. The molecule has 0 fully saturated rings. The first-order valence-electron chi connectivity index (χ1n) is 10.3. The molecular weight excluding hydrogens is 412 g/mol. The number of halogens is 1. The standard InChI is InChI=1S/C23H29ClN6O/c1-16(31-21-12-10-20(24)11-13-21)14-25-23(26-15-22-29-28-18(3)30(22)4)27-17(2)19-8-6-5-7-9-19/h5-13,16-17H,14-15H2,1-4H3,(H2,25,26,27). The SMILES string of the molecule is Cc1nnc(CN=C(NCC(C)Oc2ccc(Cl)cc2)NC(C)c2ccccc2)n1C. The van der Waals surface area contributed by atoms with E-state index >= 15 is 0 Å². The maximum atomic E-state index is 5.96. The van der Waals surface area contributed by atoms with Crippen LogP contribution < -0.4 is 15.4 Å². The normalized spacial score (nSPS) is 13.5. The van der Waals surface area contributed by atoms with Gasteiger partial charge in [0.05, 0.1) is 12.6 Å². The minimum atomic E-state index is -0.0720. The number of aromatic nitrogens is 3. The average Bonchev–Trinajstić information content (AvgIpc) is 3.10. The molecule has 0 saturated carbocycles. The Morgan fingerprint density at radius 1 is 1.10 bits per heavy atom. The summed E-state index contributed by atoms with van der Waals surface area (Å²) < 4.78 is 7.90. The Labute approximate surface area is 188 Å². The van der Waals surface area contributed by atoms with Gasteiger partial charge >= 0.3 is 0 Å². The number of nitrogens with zero attached hydrogens (tertiary/aromatic N) is 4. The van der Waals surface area contributed by atoms with Crippen molar-refractivity contribution in [1.29, 1.82) is 0 Å². The first kappa shape index (κ1) is 22.6. The maximum Gasteiger partial charge on any atom is 0.192 e. The molecule has 8 heteroatoms. The molecule has 3 rings (SSSR count). The van der Waals surface area contributed by atoms with E-state index in [1.165, 1.54) is 5.56 Å². The summed E-state index contributed by atoms with van der Waals surface area (Å²) in [5.74, 6) is 3.12. The third-order valence-electron chi connectivity index (χ3n) is 4.92. The van der Waals surface area contributed by atoms with E-state index in [4.69, 9.17) is 21.3 Å². The van der Waals surface area contributed by atoms with E-state index in [0.717, 1.165) is 17.4 Å². The van der Waals surface area contributed by atoms with Gasteiger partial charge in [0, 0.05) is 12.1 Å². The van der Waals surface area contributed by atoms with E-state index in [1.54, 1.807) is 0 Å². The molecule has 0 saturated heterocycles. The Morgan fingerprint density at radius 2 is 1.81 bits per heavy atom. The average molecular weight is 441 g/mol. The van der Waals surface area contributed by atoms with Crippen LogP contribution >= 0.6 is 11.6 Å². The number of hydrogen-bond donors (Lipinski definition) is 2. The van der Waals surface area contributed by atoms with Crippen molar-refractivity contribution in [2.45, 2.75) is 39.5 Å². The number of benzene rings is 2. The van der Waals surface area contributed by atoms with Gasteiger partial charge in [0.2, 0.25) is 0 Å². The van der Waals surface area contributed by atoms with Crippen molar-refractivity contribution in [1.82, 2.24) is 25.4 Å². The van der Waals surface area contributed by atoms with Crippen LogP contribution in [0.25, 0.3) is 0 Å². The summed E-state index contributed by atoms with van der Waals surface area (Å²) in [6.07, 6.45) is -0.0720. The van der Waals surface area contributed by atoms with Gasteiger partial charge in [-0.1, -0.05) is 41.9 Å². The quantitative estimate of drug-likeness (QED) is 0.408. The number of aryl methyl sites for hydroxylation is 1. The van der Waals surface area contributed by atoms with Crippen LogP contribution in [0.1, 0.15) is 37.1 Å². The van der Waals surface area contributed by atoms with Crippen LogP contribution in [0.3, 0.4) is 0 Å². The largest absolute Gasteiger partial charge is 0.489 e. The second-order valence-electron chi connectivity index (χ2n) is 7.43. The number of nitrogens with one attached hydrogen (secondary N) is 2. The summed E-state index contributed by atoms with van der Waals surface area (Å²) in [7, 11) is 1.94. The molecule has 2 unspecified atom stereocenters. The van der Waals surface area contributed by atoms with Gasteiger partial charge in [-0.05, 0) is 50.6 Å². The number of hydrogen-bond acceptors (Lipinski definition) is 4. The summed E-state index contributed by atoms with van der Waals surface area (Å²) >= 11 is 5.94. The fourth-order valence-corrected chi connectivity index (χ4v) is 3.07.